The van der Waals surface area contributed by atoms with E-state index in [0.717, 1.165) is 32.7 Å². The summed E-state index contributed by atoms with van der Waals surface area (Å²) in [5, 5.41) is 0. The number of amides is 1. The summed E-state index contributed by atoms with van der Waals surface area (Å²) in [6, 6.07) is 0. The fraction of sp³-hybridized carbons (Fsp3) is 0.933. The van der Waals surface area contributed by atoms with Crippen LogP contribution in [0.25, 0.3) is 0 Å². The van der Waals surface area contributed by atoms with Gasteiger partial charge in [-0.25, -0.2) is 0 Å². The molecule has 19 heavy (non-hydrogen) atoms. The maximum absolute atomic E-state index is 11.9. The van der Waals surface area contributed by atoms with E-state index >= 15 is 0 Å². The largest absolute Gasteiger partial charge is 0.371 e. The molecule has 1 amide bonds. The van der Waals surface area contributed by atoms with Crippen molar-refractivity contribution in [3.63, 3.8) is 0 Å². The van der Waals surface area contributed by atoms with E-state index in [2.05, 4.69) is 32.8 Å². The Bertz CT molecular complexity index is 312. The van der Waals surface area contributed by atoms with Gasteiger partial charge in [0.25, 0.3) is 0 Å². The summed E-state index contributed by atoms with van der Waals surface area (Å²) in [5.41, 5.74) is -0.00451. The molecule has 0 aromatic carbocycles. The lowest BCUT2D eigenvalue weighted by Gasteiger charge is -2.53. The molecule has 4 nitrogen and oxygen atoms in total. The predicted octanol–water partition coefficient (Wildman–Crippen LogP) is 1.60. The standard InChI is InChI=1S/C15H28N2O2/c1-12(2)7-14(18)17-10-15(11-17)6-5-13(9-19-15)8-16(3)4/h12-13H,5-11H2,1-4H3. The van der Waals surface area contributed by atoms with Gasteiger partial charge in [0.2, 0.25) is 5.91 Å². The zero-order valence-corrected chi connectivity index (χ0v) is 12.8. The van der Waals surface area contributed by atoms with Crippen molar-refractivity contribution < 1.29 is 9.53 Å². The zero-order valence-electron chi connectivity index (χ0n) is 12.8. The molecule has 0 aliphatic carbocycles. The van der Waals surface area contributed by atoms with Crippen LogP contribution >= 0.6 is 0 Å². The van der Waals surface area contributed by atoms with E-state index in [1.165, 1.54) is 6.42 Å². The fourth-order valence-electron chi connectivity index (χ4n) is 3.13. The van der Waals surface area contributed by atoms with E-state index in [9.17, 15) is 4.79 Å². The van der Waals surface area contributed by atoms with Gasteiger partial charge in [-0.1, -0.05) is 13.8 Å². The molecule has 110 valence electrons. The second-order valence-electron chi connectivity index (χ2n) is 7.01. The minimum atomic E-state index is -0.00451. The lowest BCUT2D eigenvalue weighted by Crippen LogP contribution is -2.66. The number of carbonyl (C=O) groups excluding carboxylic acids is 1. The number of carbonyl (C=O) groups is 1. The van der Waals surface area contributed by atoms with E-state index < -0.39 is 0 Å². The average Bonchev–Trinajstić information content (AvgIpc) is 2.25. The van der Waals surface area contributed by atoms with Gasteiger partial charge in [0.1, 0.15) is 5.60 Å². The minimum absolute atomic E-state index is 0.00451. The number of nitrogens with zero attached hydrogens (tertiary/aromatic N) is 2. The Morgan fingerprint density at radius 3 is 2.58 bits per heavy atom. The van der Waals surface area contributed by atoms with Gasteiger partial charge in [0, 0.05) is 13.0 Å². The number of likely N-dealkylation sites (tertiary alicyclic amines) is 1. The molecular weight excluding hydrogens is 240 g/mol. The molecule has 2 fully saturated rings. The van der Waals surface area contributed by atoms with Crippen LogP contribution in [0.1, 0.15) is 33.1 Å². The molecule has 2 aliphatic rings. The molecule has 0 aromatic rings. The Labute approximate surface area is 117 Å². The van der Waals surface area contributed by atoms with Gasteiger partial charge in [0.15, 0.2) is 0 Å². The first kappa shape index (κ1) is 14.8. The fourth-order valence-corrected chi connectivity index (χ4v) is 3.13. The smallest absolute Gasteiger partial charge is 0.223 e. The highest BCUT2D eigenvalue weighted by Crippen LogP contribution is 2.36. The molecule has 0 N–H and O–H groups in total. The third-order valence-electron chi connectivity index (χ3n) is 4.15. The summed E-state index contributed by atoms with van der Waals surface area (Å²) in [7, 11) is 4.22. The van der Waals surface area contributed by atoms with Crippen LogP contribution in [0.4, 0.5) is 0 Å². The van der Waals surface area contributed by atoms with Crippen LogP contribution in [0.15, 0.2) is 0 Å². The number of rotatable bonds is 4. The molecule has 0 radical (unpaired) electrons. The molecule has 4 heteroatoms. The maximum atomic E-state index is 11.9. The third kappa shape index (κ3) is 3.69. The highest BCUT2D eigenvalue weighted by molar-refractivity contribution is 5.77. The molecule has 1 spiro atoms. The molecule has 2 saturated heterocycles. The normalized spacial score (nSPS) is 26.0. The van der Waals surface area contributed by atoms with Gasteiger partial charge in [-0.2, -0.15) is 0 Å². The third-order valence-corrected chi connectivity index (χ3v) is 4.15. The minimum Gasteiger partial charge on any atom is -0.371 e. The van der Waals surface area contributed by atoms with Gasteiger partial charge in [-0.15, -0.1) is 0 Å². The molecule has 2 heterocycles. The average molecular weight is 268 g/mol. The SMILES string of the molecule is CC(C)CC(=O)N1CC2(CCC(CN(C)C)CO2)C1. The van der Waals surface area contributed by atoms with Crippen LogP contribution in [-0.2, 0) is 9.53 Å². The second kappa shape index (κ2) is 5.80. The van der Waals surface area contributed by atoms with Gasteiger partial charge >= 0.3 is 0 Å². The molecule has 0 saturated carbocycles. The summed E-state index contributed by atoms with van der Waals surface area (Å²) >= 11 is 0. The summed E-state index contributed by atoms with van der Waals surface area (Å²) in [5.74, 6) is 1.39. The first-order valence-corrected chi connectivity index (χ1v) is 7.47. The highest BCUT2D eigenvalue weighted by atomic mass is 16.5. The molecule has 2 rings (SSSR count). The molecule has 1 unspecified atom stereocenters. The van der Waals surface area contributed by atoms with Crippen molar-refractivity contribution in [2.75, 3.05) is 40.3 Å². The lowest BCUT2D eigenvalue weighted by atomic mass is 9.82. The lowest BCUT2D eigenvalue weighted by molar-refractivity contribution is -0.189. The Kier molecular flexibility index (Phi) is 4.51. The second-order valence-corrected chi connectivity index (χ2v) is 7.01. The first-order valence-electron chi connectivity index (χ1n) is 7.47. The van der Waals surface area contributed by atoms with Gasteiger partial charge in [-0.05, 0) is 38.8 Å². The quantitative estimate of drug-likeness (QED) is 0.776. The van der Waals surface area contributed by atoms with Gasteiger partial charge in [-0.3, -0.25) is 4.79 Å². The van der Waals surface area contributed by atoms with Gasteiger partial charge < -0.3 is 14.5 Å². The van der Waals surface area contributed by atoms with Crippen LogP contribution in [0.2, 0.25) is 0 Å². The summed E-state index contributed by atoms with van der Waals surface area (Å²) in [4.78, 5) is 16.1. The van der Waals surface area contributed by atoms with Crippen molar-refractivity contribution >= 4 is 5.91 Å². The van der Waals surface area contributed by atoms with Crippen molar-refractivity contribution in [3.8, 4) is 0 Å². The topological polar surface area (TPSA) is 32.8 Å². The van der Waals surface area contributed by atoms with Crippen molar-refractivity contribution in [2.24, 2.45) is 11.8 Å². The molecule has 0 aromatic heterocycles. The number of hydrogen-bond acceptors (Lipinski definition) is 3. The van der Waals surface area contributed by atoms with Gasteiger partial charge in [0.05, 0.1) is 19.7 Å². The Morgan fingerprint density at radius 1 is 1.42 bits per heavy atom. The Morgan fingerprint density at radius 2 is 2.11 bits per heavy atom. The van der Waals surface area contributed by atoms with Crippen LogP contribution in [0.3, 0.4) is 0 Å². The Hall–Kier alpha value is -0.610. The monoisotopic (exact) mass is 268 g/mol. The van der Waals surface area contributed by atoms with E-state index in [-0.39, 0.29) is 5.60 Å². The van der Waals surface area contributed by atoms with Crippen LogP contribution < -0.4 is 0 Å². The van der Waals surface area contributed by atoms with Crippen molar-refractivity contribution in [3.05, 3.63) is 0 Å². The van der Waals surface area contributed by atoms with E-state index in [4.69, 9.17) is 4.74 Å². The van der Waals surface area contributed by atoms with E-state index in [1.54, 1.807) is 0 Å². The molecule has 2 aliphatic heterocycles. The van der Waals surface area contributed by atoms with Crippen molar-refractivity contribution in [1.29, 1.82) is 0 Å². The zero-order chi connectivity index (χ0) is 14.0. The highest BCUT2D eigenvalue weighted by Gasteiger charge is 2.48. The summed E-state index contributed by atoms with van der Waals surface area (Å²) in [6.45, 7) is 7.77. The Balaban J connectivity index is 1.73. The van der Waals surface area contributed by atoms with Crippen LogP contribution in [-0.4, -0.2) is 61.6 Å². The first-order chi connectivity index (χ1) is 8.90. The van der Waals surface area contributed by atoms with Crippen molar-refractivity contribution in [2.45, 2.75) is 38.7 Å². The van der Waals surface area contributed by atoms with E-state index in [1.807, 2.05) is 4.90 Å². The summed E-state index contributed by atoms with van der Waals surface area (Å²) in [6.07, 6.45) is 3.00. The van der Waals surface area contributed by atoms with E-state index in [0.29, 0.717) is 24.2 Å². The summed E-state index contributed by atoms with van der Waals surface area (Å²) < 4.78 is 6.08. The maximum Gasteiger partial charge on any atom is 0.223 e. The molecular formula is C15H28N2O2. The van der Waals surface area contributed by atoms with Crippen LogP contribution in [0, 0.1) is 11.8 Å². The van der Waals surface area contributed by atoms with Crippen LogP contribution in [0.5, 0.6) is 0 Å². The molecule has 1 atom stereocenters. The number of hydrogen-bond donors (Lipinski definition) is 0. The molecule has 0 bridgehead atoms. The van der Waals surface area contributed by atoms with Crippen molar-refractivity contribution in [1.82, 2.24) is 9.80 Å². The number of ether oxygens (including phenoxy) is 1. The predicted molar refractivity (Wildman–Crippen MR) is 76.0 cm³/mol.